The molecule has 0 bridgehead atoms. The number of rotatable bonds is 5. The molecule has 1 unspecified atom stereocenters. The second kappa shape index (κ2) is 8.41. The topological polar surface area (TPSA) is 76.8 Å². The highest BCUT2D eigenvalue weighted by molar-refractivity contribution is 7.98. The lowest BCUT2D eigenvalue weighted by Crippen LogP contribution is -2.39. The van der Waals surface area contributed by atoms with Gasteiger partial charge in [-0.1, -0.05) is 30.0 Å². The molecule has 8 heteroatoms. The molecule has 0 radical (unpaired) electrons. The van der Waals surface area contributed by atoms with E-state index in [1.54, 1.807) is 37.4 Å². The minimum Gasteiger partial charge on any atom is -0.496 e. The van der Waals surface area contributed by atoms with Crippen molar-refractivity contribution in [1.29, 1.82) is 0 Å². The number of aliphatic hydroxyl groups is 1. The maximum absolute atomic E-state index is 13.5. The summed E-state index contributed by atoms with van der Waals surface area (Å²) in [5.41, 5.74) is 2.73. The summed E-state index contributed by atoms with van der Waals surface area (Å²) in [6.07, 6.45) is 2.64. The first kappa shape index (κ1) is 20.3. The number of hydrogen-bond donors (Lipinski definition) is 1. The van der Waals surface area contributed by atoms with Crippen LogP contribution < -0.4 is 9.47 Å². The molecule has 0 spiro atoms. The number of imidazole rings is 1. The van der Waals surface area contributed by atoms with Gasteiger partial charge < -0.3 is 19.5 Å². The predicted molar refractivity (Wildman–Crippen MR) is 115 cm³/mol. The van der Waals surface area contributed by atoms with E-state index in [9.17, 15) is 9.90 Å². The van der Waals surface area contributed by atoms with Crippen molar-refractivity contribution < 1.29 is 19.4 Å². The fraction of sp³-hybridized carbons (Fsp3) is 0.273. The van der Waals surface area contributed by atoms with Crippen LogP contribution in [0.5, 0.6) is 11.5 Å². The number of hydrogen-bond acceptors (Lipinski definition) is 6. The van der Waals surface area contributed by atoms with Gasteiger partial charge in [0.15, 0.2) is 5.16 Å². The number of carbonyl (C=O) groups excluding carboxylic acids is 1. The van der Waals surface area contributed by atoms with Crippen LogP contribution >= 0.6 is 11.8 Å². The van der Waals surface area contributed by atoms with E-state index in [4.69, 9.17) is 9.47 Å². The number of thioether (sulfide) groups is 1. The predicted octanol–water partition coefficient (Wildman–Crippen LogP) is 3.30. The summed E-state index contributed by atoms with van der Waals surface area (Å²) in [7, 11) is 3.14. The van der Waals surface area contributed by atoms with Crippen molar-refractivity contribution in [2.24, 2.45) is 0 Å². The average molecular weight is 426 g/mol. The normalized spacial score (nSPS) is 15.6. The highest BCUT2D eigenvalue weighted by Crippen LogP contribution is 2.39. The third-order valence-electron chi connectivity index (χ3n) is 5.22. The van der Waals surface area contributed by atoms with Gasteiger partial charge in [-0.2, -0.15) is 0 Å². The van der Waals surface area contributed by atoms with Crippen LogP contribution in [-0.4, -0.2) is 52.5 Å². The van der Waals surface area contributed by atoms with E-state index in [1.165, 1.54) is 11.8 Å². The molecule has 30 heavy (non-hydrogen) atoms. The van der Waals surface area contributed by atoms with Gasteiger partial charge in [-0.3, -0.25) is 9.36 Å². The maximum Gasteiger partial charge on any atom is 0.272 e. The number of aromatic nitrogens is 2. The molecule has 156 valence electrons. The van der Waals surface area contributed by atoms with Gasteiger partial charge in [-0.25, -0.2) is 4.98 Å². The first-order chi connectivity index (χ1) is 14.6. The Morgan fingerprint density at radius 3 is 2.50 bits per heavy atom. The molecule has 1 aliphatic heterocycles. The number of fused-ring (bicyclic) bond motifs is 1. The lowest BCUT2D eigenvalue weighted by atomic mass is 9.95. The molecule has 3 aromatic rings. The lowest BCUT2D eigenvalue weighted by Gasteiger charge is -2.34. The Hall–Kier alpha value is -2.97. The fourth-order valence-corrected chi connectivity index (χ4v) is 4.39. The number of β-amino-alcohol motifs (C(OH)–C–C–N with tert-alkyl or cyclic N) is 1. The van der Waals surface area contributed by atoms with Crippen LogP contribution in [0, 0.1) is 0 Å². The summed E-state index contributed by atoms with van der Waals surface area (Å²) < 4.78 is 12.8. The molecule has 0 fully saturated rings. The van der Waals surface area contributed by atoms with Gasteiger partial charge in [0, 0.05) is 16.8 Å². The second-order valence-electron chi connectivity index (χ2n) is 6.86. The monoisotopic (exact) mass is 425 g/mol. The Morgan fingerprint density at radius 1 is 1.13 bits per heavy atom. The Kier molecular flexibility index (Phi) is 5.69. The Labute approximate surface area is 179 Å². The number of benzene rings is 2. The third-order valence-corrected chi connectivity index (χ3v) is 5.88. The van der Waals surface area contributed by atoms with Crippen molar-refractivity contribution in [2.45, 2.75) is 17.8 Å². The SMILES string of the molecule is COc1ccc(OC)c2c1CN(C(=O)c1cnc(SC)n1-c1ccccc1)CC2O. The van der Waals surface area contributed by atoms with Gasteiger partial charge in [0.05, 0.1) is 33.5 Å². The molecule has 1 N–H and O–H groups in total. The van der Waals surface area contributed by atoms with Crippen molar-refractivity contribution >= 4 is 17.7 Å². The zero-order valence-electron chi connectivity index (χ0n) is 17.0. The molecule has 1 amide bonds. The van der Waals surface area contributed by atoms with Crippen molar-refractivity contribution in [1.82, 2.24) is 14.5 Å². The summed E-state index contributed by atoms with van der Waals surface area (Å²) in [6.45, 7) is 0.462. The van der Waals surface area contributed by atoms with Crippen molar-refractivity contribution in [3.63, 3.8) is 0 Å². The van der Waals surface area contributed by atoms with Gasteiger partial charge in [-0.15, -0.1) is 0 Å². The smallest absolute Gasteiger partial charge is 0.272 e. The molecular formula is C22H23N3O4S. The minimum absolute atomic E-state index is 0.157. The Bertz CT molecular complexity index is 1070. The van der Waals surface area contributed by atoms with Crippen LogP contribution in [0.3, 0.4) is 0 Å². The van der Waals surface area contributed by atoms with Crippen LogP contribution in [0.25, 0.3) is 5.69 Å². The number of nitrogens with zero attached hydrogens (tertiary/aromatic N) is 3. The number of methoxy groups -OCH3 is 2. The summed E-state index contributed by atoms with van der Waals surface area (Å²) in [5, 5.41) is 11.6. The van der Waals surface area contributed by atoms with Crippen molar-refractivity contribution in [2.75, 3.05) is 27.0 Å². The number of aliphatic hydroxyl groups excluding tert-OH is 1. The molecule has 4 rings (SSSR count). The minimum atomic E-state index is -0.879. The van der Waals surface area contributed by atoms with E-state index in [0.29, 0.717) is 29.3 Å². The molecule has 1 aromatic heterocycles. The Morgan fingerprint density at radius 2 is 1.83 bits per heavy atom. The van der Waals surface area contributed by atoms with Crippen molar-refractivity contribution in [3.05, 3.63) is 65.5 Å². The zero-order valence-corrected chi connectivity index (χ0v) is 17.8. The molecule has 0 saturated heterocycles. The number of amides is 1. The maximum atomic E-state index is 13.5. The molecular weight excluding hydrogens is 402 g/mol. The third kappa shape index (κ3) is 3.42. The molecule has 2 heterocycles. The number of para-hydroxylation sites is 1. The highest BCUT2D eigenvalue weighted by atomic mass is 32.2. The van der Waals surface area contributed by atoms with Gasteiger partial charge in [0.1, 0.15) is 23.3 Å². The first-order valence-electron chi connectivity index (χ1n) is 9.47. The lowest BCUT2D eigenvalue weighted by molar-refractivity contribution is 0.0531. The van der Waals surface area contributed by atoms with Crippen LogP contribution in [0.2, 0.25) is 0 Å². The quantitative estimate of drug-likeness (QED) is 0.632. The van der Waals surface area contributed by atoms with Crippen molar-refractivity contribution in [3.8, 4) is 17.2 Å². The molecule has 1 atom stereocenters. The van der Waals surface area contributed by atoms with E-state index >= 15 is 0 Å². The van der Waals surface area contributed by atoms with E-state index in [1.807, 2.05) is 41.2 Å². The average Bonchev–Trinajstić information content (AvgIpc) is 3.22. The van der Waals surface area contributed by atoms with Gasteiger partial charge in [-0.05, 0) is 30.5 Å². The zero-order chi connectivity index (χ0) is 21.3. The number of ether oxygens (including phenoxy) is 2. The van der Waals surface area contributed by atoms with E-state index in [-0.39, 0.29) is 12.5 Å². The van der Waals surface area contributed by atoms with Gasteiger partial charge in [0.25, 0.3) is 5.91 Å². The summed E-state index contributed by atoms with van der Waals surface area (Å²) in [6, 6.07) is 13.2. The van der Waals surface area contributed by atoms with Gasteiger partial charge >= 0.3 is 0 Å². The molecule has 0 aliphatic carbocycles. The van der Waals surface area contributed by atoms with E-state index < -0.39 is 6.10 Å². The summed E-state index contributed by atoms with van der Waals surface area (Å²) in [4.78, 5) is 19.5. The largest absolute Gasteiger partial charge is 0.496 e. The van der Waals surface area contributed by atoms with Crippen LogP contribution in [0.1, 0.15) is 27.7 Å². The van der Waals surface area contributed by atoms with Gasteiger partial charge in [0.2, 0.25) is 0 Å². The molecule has 1 aliphatic rings. The fourth-order valence-electron chi connectivity index (χ4n) is 3.85. The summed E-state index contributed by atoms with van der Waals surface area (Å²) >= 11 is 1.47. The first-order valence-corrected chi connectivity index (χ1v) is 10.7. The second-order valence-corrected chi connectivity index (χ2v) is 7.64. The number of carbonyl (C=O) groups is 1. The molecule has 2 aromatic carbocycles. The van der Waals surface area contributed by atoms with Crippen LogP contribution in [0.4, 0.5) is 0 Å². The standard InChI is InChI=1S/C22H23N3O4S/c1-28-18-9-10-19(29-2)20-15(18)12-24(13-17(20)26)21(27)16-11-23-22(30-3)25(16)14-7-5-4-6-8-14/h4-11,17,26H,12-13H2,1-3H3. The summed E-state index contributed by atoms with van der Waals surface area (Å²) in [5.74, 6) is 0.995. The van der Waals surface area contributed by atoms with Crippen LogP contribution in [-0.2, 0) is 6.54 Å². The van der Waals surface area contributed by atoms with Crippen LogP contribution in [0.15, 0.2) is 53.8 Å². The van der Waals surface area contributed by atoms with E-state index in [2.05, 4.69) is 4.98 Å². The molecule has 7 nitrogen and oxygen atoms in total. The highest BCUT2D eigenvalue weighted by Gasteiger charge is 2.33. The van der Waals surface area contributed by atoms with E-state index in [0.717, 1.165) is 16.4 Å². The molecule has 0 saturated carbocycles. The Balaban J connectivity index is 1.74.